The first-order chi connectivity index (χ1) is 19.4. The second kappa shape index (κ2) is 14.7. The molecule has 3 aromatic rings. The maximum absolute atomic E-state index is 13.5. The van der Waals surface area contributed by atoms with Crippen LogP contribution in [-0.4, -0.2) is 59.8 Å². The number of nitrogens with zero attached hydrogens (tertiary/aromatic N) is 1. The van der Waals surface area contributed by atoms with Crippen LogP contribution in [0.3, 0.4) is 0 Å². The first kappa shape index (κ1) is 30.2. The average Bonchev–Trinajstić information content (AvgIpc) is 3.43. The molecule has 0 unspecified atom stereocenters. The minimum absolute atomic E-state index is 0.247. The summed E-state index contributed by atoms with van der Waals surface area (Å²) in [5, 5.41) is 0. The summed E-state index contributed by atoms with van der Waals surface area (Å²) in [5.74, 6) is 2.88. The summed E-state index contributed by atoms with van der Waals surface area (Å²) in [5.41, 5.74) is 3.11. The molecule has 0 atom stereocenters. The second-order valence-corrected chi connectivity index (χ2v) is 8.64. The van der Waals surface area contributed by atoms with Gasteiger partial charge in [0.25, 0.3) is 0 Å². The van der Waals surface area contributed by atoms with Crippen molar-refractivity contribution in [2.75, 3.05) is 49.3 Å². The van der Waals surface area contributed by atoms with E-state index in [1.165, 1.54) is 7.11 Å². The van der Waals surface area contributed by atoms with Crippen molar-refractivity contribution in [1.29, 1.82) is 0 Å². The summed E-state index contributed by atoms with van der Waals surface area (Å²) in [6, 6.07) is 13.2. The lowest BCUT2D eigenvalue weighted by Gasteiger charge is -2.12. The molecule has 0 saturated heterocycles. The van der Waals surface area contributed by atoms with Gasteiger partial charge in [-0.05, 0) is 60.9 Å². The molecule has 0 amide bonds. The molecule has 9 heteroatoms. The van der Waals surface area contributed by atoms with Crippen molar-refractivity contribution >= 4 is 5.97 Å². The zero-order valence-electron chi connectivity index (χ0n) is 24.1. The number of hydrogen-bond acceptors (Lipinski definition) is 8. The molecule has 0 fully saturated rings. The Morgan fingerprint density at radius 2 is 1.45 bits per heavy atom. The van der Waals surface area contributed by atoms with Crippen LogP contribution in [0.1, 0.15) is 23.0 Å². The highest BCUT2D eigenvalue weighted by molar-refractivity contribution is 5.91. The van der Waals surface area contributed by atoms with Crippen LogP contribution in [0.2, 0.25) is 0 Å². The molecule has 40 heavy (non-hydrogen) atoms. The van der Waals surface area contributed by atoms with E-state index in [0.29, 0.717) is 53.2 Å². The summed E-state index contributed by atoms with van der Waals surface area (Å²) < 4.78 is 39.8. The number of ether oxygens (including phenoxy) is 7. The van der Waals surface area contributed by atoms with Gasteiger partial charge in [-0.2, -0.15) is 0 Å². The van der Waals surface area contributed by atoms with Gasteiger partial charge in [0.2, 0.25) is 0 Å². The second-order valence-electron chi connectivity index (χ2n) is 8.64. The van der Waals surface area contributed by atoms with Crippen LogP contribution in [0.15, 0.2) is 72.3 Å². The SMILES string of the molecule is C/C=C(\C=C(/COC)OC)OC(=O)c1cc(-c2ccc(OC)c(OC)c2)cn1CCc1ccc(OC)c(OC)c1. The van der Waals surface area contributed by atoms with Gasteiger partial charge in [0.1, 0.15) is 23.8 Å². The Kier molecular flexibility index (Phi) is 11.1. The molecule has 0 aliphatic rings. The fourth-order valence-electron chi connectivity index (χ4n) is 4.12. The summed E-state index contributed by atoms with van der Waals surface area (Å²) in [6.07, 6.45) is 5.89. The highest BCUT2D eigenvalue weighted by Crippen LogP contribution is 2.34. The normalized spacial score (nSPS) is 11.7. The Morgan fingerprint density at radius 3 is 2.05 bits per heavy atom. The molecule has 0 spiro atoms. The van der Waals surface area contributed by atoms with Crippen molar-refractivity contribution in [2.45, 2.75) is 19.9 Å². The first-order valence-corrected chi connectivity index (χ1v) is 12.7. The summed E-state index contributed by atoms with van der Waals surface area (Å²) in [6.45, 7) is 2.54. The van der Waals surface area contributed by atoms with E-state index in [-0.39, 0.29) is 6.61 Å². The molecular formula is C31H37NO8. The van der Waals surface area contributed by atoms with Gasteiger partial charge in [-0.15, -0.1) is 0 Å². The third kappa shape index (κ3) is 7.39. The van der Waals surface area contributed by atoms with Gasteiger partial charge in [-0.3, -0.25) is 0 Å². The van der Waals surface area contributed by atoms with Crippen molar-refractivity contribution in [3.8, 4) is 34.1 Å². The number of esters is 1. The number of rotatable bonds is 14. The number of aromatic nitrogens is 1. The number of aryl methyl sites for hydroxylation is 2. The number of benzene rings is 2. The highest BCUT2D eigenvalue weighted by Gasteiger charge is 2.19. The molecule has 3 rings (SSSR count). The van der Waals surface area contributed by atoms with E-state index in [9.17, 15) is 4.79 Å². The molecule has 1 aromatic heterocycles. The van der Waals surface area contributed by atoms with E-state index in [2.05, 4.69) is 0 Å². The maximum Gasteiger partial charge on any atom is 0.360 e. The van der Waals surface area contributed by atoms with Gasteiger partial charge in [0.15, 0.2) is 23.0 Å². The zero-order chi connectivity index (χ0) is 29.1. The monoisotopic (exact) mass is 551 g/mol. The molecule has 9 nitrogen and oxygen atoms in total. The highest BCUT2D eigenvalue weighted by atomic mass is 16.5. The Bertz CT molecular complexity index is 1360. The molecule has 0 saturated carbocycles. The standard InChI is InChI=1S/C31H37NO8/c1-8-24(18-25(35-3)20-34-2)40-31(33)26-16-23(22-10-12-28(37-5)30(17-22)39-7)19-32(26)14-13-21-9-11-27(36-4)29(15-21)38-6/h8-12,15-19H,13-14,20H2,1-7H3/b24-8+,25-18+. The molecular weight excluding hydrogens is 514 g/mol. The van der Waals surface area contributed by atoms with Crippen molar-refractivity contribution in [1.82, 2.24) is 4.57 Å². The molecule has 2 aromatic carbocycles. The Hall–Kier alpha value is -4.37. The fraction of sp³-hybridized carbons (Fsp3) is 0.323. The van der Waals surface area contributed by atoms with Gasteiger partial charge in [0, 0.05) is 31.5 Å². The number of carbonyl (C=O) groups excluding carboxylic acids is 1. The van der Waals surface area contributed by atoms with Gasteiger partial charge in [-0.1, -0.05) is 12.1 Å². The third-order valence-electron chi connectivity index (χ3n) is 6.26. The van der Waals surface area contributed by atoms with Gasteiger partial charge in [0.05, 0.1) is 35.5 Å². The van der Waals surface area contributed by atoms with Gasteiger partial charge < -0.3 is 37.7 Å². The molecule has 0 bridgehead atoms. The lowest BCUT2D eigenvalue weighted by atomic mass is 10.1. The third-order valence-corrected chi connectivity index (χ3v) is 6.26. The van der Waals surface area contributed by atoms with Crippen LogP contribution in [0, 0.1) is 0 Å². The molecule has 0 N–H and O–H groups in total. The summed E-state index contributed by atoms with van der Waals surface area (Å²) in [7, 11) is 9.48. The minimum atomic E-state index is -0.503. The first-order valence-electron chi connectivity index (χ1n) is 12.7. The van der Waals surface area contributed by atoms with E-state index < -0.39 is 5.97 Å². The lowest BCUT2D eigenvalue weighted by Crippen LogP contribution is -2.13. The van der Waals surface area contributed by atoms with Crippen molar-refractivity contribution in [2.24, 2.45) is 0 Å². The minimum Gasteiger partial charge on any atom is -0.499 e. The fourth-order valence-corrected chi connectivity index (χ4v) is 4.12. The Labute approximate surface area is 235 Å². The van der Waals surface area contributed by atoms with Crippen LogP contribution in [-0.2, 0) is 27.2 Å². The smallest absolute Gasteiger partial charge is 0.360 e. The maximum atomic E-state index is 13.5. The van der Waals surface area contributed by atoms with Crippen LogP contribution >= 0.6 is 0 Å². The number of carbonyl (C=O) groups is 1. The van der Waals surface area contributed by atoms with Crippen LogP contribution < -0.4 is 18.9 Å². The quantitative estimate of drug-likeness (QED) is 0.144. The molecule has 1 heterocycles. The van der Waals surface area contributed by atoms with Gasteiger partial charge in [-0.25, -0.2) is 4.79 Å². The van der Waals surface area contributed by atoms with E-state index in [1.54, 1.807) is 54.6 Å². The van der Waals surface area contributed by atoms with E-state index >= 15 is 0 Å². The number of methoxy groups -OCH3 is 6. The zero-order valence-corrected chi connectivity index (χ0v) is 24.1. The van der Waals surface area contributed by atoms with Crippen molar-refractivity contribution in [3.63, 3.8) is 0 Å². The van der Waals surface area contributed by atoms with E-state index in [1.807, 2.05) is 53.2 Å². The predicted molar refractivity (Wildman–Crippen MR) is 152 cm³/mol. The van der Waals surface area contributed by atoms with Crippen molar-refractivity contribution in [3.05, 3.63) is 83.6 Å². The average molecular weight is 552 g/mol. The Morgan fingerprint density at radius 1 is 0.800 bits per heavy atom. The van der Waals surface area contributed by atoms with Crippen LogP contribution in [0.4, 0.5) is 0 Å². The number of allylic oxidation sites excluding steroid dienone is 2. The van der Waals surface area contributed by atoms with Crippen molar-refractivity contribution < 1.29 is 38.0 Å². The number of hydrogen-bond donors (Lipinski definition) is 0. The molecule has 0 aliphatic heterocycles. The molecule has 0 aliphatic carbocycles. The van der Waals surface area contributed by atoms with Gasteiger partial charge >= 0.3 is 5.97 Å². The lowest BCUT2D eigenvalue weighted by molar-refractivity contribution is 0.0621. The predicted octanol–water partition coefficient (Wildman–Crippen LogP) is 5.67. The molecule has 214 valence electrons. The largest absolute Gasteiger partial charge is 0.499 e. The van der Waals surface area contributed by atoms with Crippen LogP contribution in [0.5, 0.6) is 23.0 Å². The molecule has 0 radical (unpaired) electrons. The topological polar surface area (TPSA) is 86.6 Å². The summed E-state index contributed by atoms with van der Waals surface area (Å²) >= 11 is 0. The van der Waals surface area contributed by atoms with E-state index in [4.69, 9.17) is 33.2 Å². The van der Waals surface area contributed by atoms with E-state index in [0.717, 1.165) is 16.7 Å². The summed E-state index contributed by atoms with van der Waals surface area (Å²) in [4.78, 5) is 13.5. The van der Waals surface area contributed by atoms with Crippen LogP contribution in [0.25, 0.3) is 11.1 Å². The Balaban J connectivity index is 1.97.